The van der Waals surface area contributed by atoms with E-state index in [9.17, 15) is 0 Å². The van der Waals surface area contributed by atoms with E-state index < -0.39 is 0 Å². The molecule has 0 N–H and O–H groups in total. The van der Waals surface area contributed by atoms with Gasteiger partial charge in [-0.1, -0.05) is 81.5 Å². The first kappa shape index (κ1) is 23.1. The molecule has 1 nitrogen and oxygen atoms in total. The quantitative estimate of drug-likeness (QED) is 0.341. The molecule has 2 fully saturated rings. The number of allylic oxidation sites excluding steroid dienone is 1. The molecule has 0 bridgehead atoms. The second kappa shape index (κ2) is 11.7. The van der Waals surface area contributed by atoms with Crippen LogP contribution in [0.3, 0.4) is 0 Å². The molecule has 1 heteroatoms. The van der Waals surface area contributed by atoms with Gasteiger partial charge in [0.25, 0.3) is 0 Å². The molecule has 0 aromatic heterocycles. The van der Waals surface area contributed by atoms with Gasteiger partial charge in [-0.25, -0.2) is 0 Å². The Morgan fingerprint density at radius 1 is 0.688 bits per heavy atom. The van der Waals surface area contributed by atoms with E-state index in [2.05, 4.69) is 55.6 Å². The Kier molecular flexibility index (Phi) is 8.49. The predicted octanol–water partition coefficient (Wildman–Crippen LogP) is 9.23. The highest BCUT2D eigenvalue weighted by atomic mass is 16.5. The molecule has 0 amide bonds. The topological polar surface area (TPSA) is 9.23 Å². The van der Waals surface area contributed by atoms with Crippen LogP contribution >= 0.6 is 0 Å². The minimum absolute atomic E-state index is 0.559. The minimum Gasteiger partial charge on any atom is -0.490 e. The van der Waals surface area contributed by atoms with Crippen molar-refractivity contribution in [2.45, 2.75) is 83.0 Å². The second-order valence-corrected chi connectivity index (χ2v) is 10.4. The van der Waals surface area contributed by atoms with Crippen LogP contribution in [0.2, 0.25) is 0 Å². The molecule has 0 unspecified atom stereocenters. The van der Waals surface area contributed by atoms with Crippen molar-refractivity contribution in [1.82, 2.24) is 0 Å². The lowest BCUT2D eigenvalue weighted by Gasteiger charge is -2.32. The summed E-state index contributed by atoms with van der Waals surface area (Å²) in [6, 6.07) is 13.5. The molecule has 0 heterocycles. The van der Waals surface area contributed by atoms with Gasteiger partial charge in [0.05, 0.1) is 0 Å². The van der Waals surface area contributed by atoms with Gasteiger partial charge in [0.15, 0.2) is 0 Å². The summed E-state index contributed by atoms with van der Waals surface area (Å²) in [7, 11) is 0. The Bertz CT molecular complexity index is 865. The standard InChI is InChI=1S/C31H42O/c1-3-5-6-24-7-9-25(10-8-24)11-12-26-13-15-27(16-14-26)28-17-18-30-23-31(32-21-4-2)20-19-29(30)22-28/h3-4,17-20,22-27H,1-2,5-16,21H2. The van der Waals surface area contributed by atoms with Gasteiger partial charge in [-0.15, -0.1) is 6.58 Å². The summed E-state index contributed by atoms with van der Waals surface area (Å²) >= 11 is 0. The molecule has 0 saturated heterocycles. The van der Waals surface area contributed by atoms with Crippen molar-refractivity contribution in [2.24, 2.45) is 17.8 Å². The third-order valence-electron chi connectivity index (χ3n) is 8.25. The molecule has 32 heavy (non-hydrogen) atoms. The van der Waals surface area contributed by atoms with Crippen LogP contribution in [0.1, 0.15) is 88.5 Å². The Morgan fingerprint density at radius 2 is 1.28 bits per heavy atom. The van der Waals surface area contributed by atoms with Crippen LogP contribution < -0.4 is 4.74 Å². The number of ether oxygens (including phenoxy) is 1. The zero-order chi connectivity index (χ0) is 22.2. The van der Waals surface area contributed by atoms with E-state index in [0.717, 1.165) is 29.4 Å². The Morgan fingerprint density at radius 3 is 1.94 bits per heavy atom. The largest absolute Gasteiger partial charge is 0.490 e. The van der Waals surface area contributed by atoms with Crippen molar-refractivity contribution in [3.63, 3.8) is 0 Å². The number of rotatable bonds is 10. The second-order valence-electron chi connectivity index (χ2n) is 10.4. The van der Waals surface area contributed by atoms with Crippen LogP contribution in [0.15, 0.2) is 61.7 Å². The van der Waals surface area contributed by atoms with Gasteiger partial charge >= 0.3 is 0 Å². The monoisotopic (exact) mass is 430 g/mol. The van der Waals surface area contributed by atoms with Gasteiger partial charge in [0.1, 0.15) is 12.4 Å². The van der Waals surface area contributed by atoms with E-state index in [-0.39, 0.29) is 0 Å². The summed E-state index contributed by atoms with van der Waals surface area (Å²) in [5.41, 5.74) is 1.54. The van der Waals surface area contributed by atoms with Crippen molar-refractivity contribution in [2.75, 3.05) is 6.61 Å². The lowest BCUT2D eigenvalue weighted by molar-refractivity contribution is 0.225. The van der Waals surface area contributed by atoms with Crippen LogP contribution in [-0.4, -0.2) is 6.61 Å². The average Bonchev–Trinajstić information content (AvgIpc) is 2.85. The maximum Gasteiger partial charge on any atom is 0.120 e. The fourth-order valence-electron chi connectivity index (χ4n) is 6.16. The lowest BCUT2D eigenvalue weighted by Crippen LogP contribution is -2.17. The first-order valence-corrected chi connectivity index (χ1v) is 13.1. The summed E-state index contributed by atoms with van der Waals surface area (Å²) in [5.74, 6) is 4.62. The zero-order valence-corrected chi connectivity index (χ0v) is 19.9. The van der Waals surface area contributed by atoms with Gasteiger partial charge in [0, 0.05) is 0 Å². The Hall–Kier alpha value is -2.02. The van der Waals surface area contributed by atoms with E-state index in [4.69, 9.17) is 4.74 Å². The Labute approximate surface area is 195 Å². The van der Waals surface area contributed by atoms with Crippen molar-refractivity contribution in [1.29, 1.82) is 0 Å². The number of fused-ring (bicyclic) bond motifs is 1. The highest BCUT2D eigenvalue weighted by molar-refractivity contribution is 5.84. The smallest absolute Gasteiger partial charge is 0.120 e. The number of hydrogen-bond acceptors (Lipinski definition) is 1. The fraction of sp³-hybridized carbons (Fsp3) is 0.548. The molecular formula is C31H42O. The molecule has 2 aromatic carbocycles. The molecule has 4 rings (SSSR count). The molecule has 0 atom stereocenters. The SMILES string of the molecule is C=CCCC1CCC(CCC2CCC(c3ccc4cc(OCC=C)ccc4c3)CC2)CC1. The maximum atomic E-state index is 5.69. The zero-order valence-electron chi connectivity index (χ0n) is 19.9. The number of hydrogen-bond donors (Lipinski definition) is 0. The van der Waals surface area contributed by atoms with Crippen molar-refractivity contribution in [3.8, 4) is 5.75 Å². The van der Waals surface area contributed by atoms with E-state index in [1.54, 1.807) is 6.08 Å². The average molecular weight is 431 g/mol. The minimum atomic E-state index is 0.559. The molecular weight excluding hydrogens is 388 g/mol. The van der Waals surface area contributed by atoms with E-state index in [1.807, 2.05) is 0 Å². The van der Waals surface area contributed by atoms with Crippen LogP contribution in [0.5, 0.6) is 5.75 Å². The summed E-state index contributed by atoms with van der Waals surface area (Å²) in [6.45, 7) is 8.17. The molecule has 172 valence electrons. The summed E-state index contributed by atoms with van der Waals surface area (Å²) in [6.07, 6.45) is 20.9. The van der Waals surface area contributed by atoms with Crippen molar-refractivity contribution < 1.29 is 4.74 Å². The molecule has 0 radical (unpaired) electrons. The number of benzene rings is 2. The van der Waals surface area contributed by atoms with Crippen molar-refractivity contribution >= 4 is 10.8 Å². The van der Waals surface area contributed by atoms with Gasteiger partial charge in [-0.3, -0.25) is 0 Å². The first-order valence-electron chi connectivity index (χ1n) is 13.1. The first-order chi connectivity index (χ1) is 15.7. The van der Waals surface area contributed by atoms with Gasteiger partial charge in [0.2, 0.25) is 0 Å². The summed E-state index contributed by atoms with van der Waals surface area (Å²) in [5, 5.41) is 2.60. The predicted molar refractivity (Wildman–Crippen MR) is 138 cm³/mol. The molecule has 2 aliphatic carbocycles. The van der Waals surface area contributed by atoms with Crippen molar-refractivity contribution in [3.05, 3.63) is 67.3 Å². The highest BCUT2D eigenvalue weighted by Crippen LogP contribution is 2.41. The van der Waals surface area contributed by atoms with Crippen LogP contribution in [0.25, 0.3) is 10.8 Å². The van der Waals surface area contributed by atoms with E-state index in [1.165, 1.54) is 93.4 Å². The molecule has 2 saturated carbocycles. The maximum absolute atomic E-state index is 5.69. The summed E-state index contributed by atoms with van der Waals surface area (Å²) in [4.78, 5) is 0. The van der Waals surface area contributed by atoms with E-state index in [0.29, 0.717) is 6.61 Å². The Balaban J connectivity index is 1.22. The third-order valence-corrected chi connectivity index (χ3v) is 8.25. The summed E-state index contributed by atoms with van der Waals surface area (Å²) < 4.78 is 5.69. The normalized spacial score (nSPS) is 26.0. The van der Waals surface area contributed by atoms with Crippen LogP contribution in [0, 0.1) is 17.8 Å². The van der Waals surface area contributed by atoms with Gasteiger partial charge in [-0.05, 0) is 90.7 Å². The molecule has 0 aliphatic heterocycles. The third kappa shape index (κ3) is 6.27. The highest BCUT2D eigenvalue weighted by Gasteiger charge is 2.25. The molecule has 2 aliphatic rings. The molecule has 2 aromatic rings. The van der Waals surface area contributed by atoms with E-state index >= 15 is 0 Å². The van der Waals surface area contributed by atoms with Crippen LogP contribution in [-0.2, 0) is 0 Å². The van der Waals surface area contributed by atoms with Gasteiger partial charge < -0.3 is 4.74 Å². The fourth-order valence-corrected chi connectivity index (χ4v) is 6.16. The van der Waals surface area contributed by atoms with Crippen LogP contribution in [0.4, 0.5) is 0 Å². The lowest BCUT2D eigenvalue weighted by atomic mass is 9.74. The molecule has 0 spiro atoms. The van der Waals surface area contributed by atoms with Gasteiger partial charge in [-0.2, -0.15) is 0 Å².